The summed E-state index contributed by atoms with van der Waals surface area (Å²) in [7, 11) is 0. The zero-order valence-corrected chi connectivity index (χ0v) is 42.2. The molecule has 0 fully saturated rings. The molecular weight excluding hydrogens is 953 g/mol. The fourth-order valence-corrected chi connectivity index (χ4v) is 10.6. The molecule has 0 aliphatic rings. The third-order valence-electron chi connectivity index (χ3n) is 14.4. The standard InChI is InChI=1S/C72H46N4O2/c1-5-21-47(22-6-1)55-30-14-17-33-59(55)64-46-66(76-72(74-64)61-35-19-16-32-57(61)49-25-9-3-10-26-49)70-44-54-38-37-51(42-68(54)78-70)58-40-39-52(41-62(58)50-27-11-4-12-28-50)63-45-65(69-43-53-29-13-20-36-67(53)77-69)75-71(73-63)60-34-18-15-31-56(60)48-23-7-2-8-24-48/h1-46H. The third kappa shape index (κ3) is 8.83. The van der Waals surface area contributed by atoms with Crippen LogP contribution in [0.4, 0.5) is 0 Å². The molecule has 10 aromatic carbocycles. The van der Waals surface area contributed by atoms with Crippen LogP contribution in [0.2, 0.25) is 0 Å². The second-order valence-corrected chi connectivity index (χ2v) is 19.3. The quantitative estimate of drug-likeness (QED) is 0.128. The first-order valence-corrected chi connectivity index (χ1v) is 26.1. The van der Waals surface area contributed by atoms with Gasteiger partial charge in [0.15, 0.2) is 23.2 Å². The first-order chi connectivity index (χ1) is 38.6. The van der Waals surface area contributed by atoms with Crippen LogP contribution < -0.4 is 0 Å². The molecule has 0 aliphatic carbocycles. The minimum absolute atomic E-state index is 0.607. The van der Waals surface area contributed by atoms with Crippen LogP contribution in [0.5, 0.6) is 0 Å². The van der Waals surface area contributed by atoms with Gasteiger partial charge in [-0.15, -0.1) is 0 Å². The largest absolute Gasteiger partial charge is 0.454 e. The summed E-state index contributed by atoms with van der Waals surface area (Å²) < 4.78 is 13.4. The van der Waals surface area contributed by atoms with E-state index in [0.29, 0.717) is 34.6 Å². The SMILES string of the molecule is c1ccc(-c2cc(-c3cc(-c4cc5ccccc5o4)nc(-c4ccccc4-c4ccccc4)n3)ccc2-c2ccc3cc(-c4cc(-c5ccccc5-c5ccccc5)nc(-c5ccccc5-c5ccccc5)n4)oc3c2)cc1. The summed E-state index contributed by atoms with van der Waals surface area (Å²) in [5.41, 5.74) is 18.9. The topological polar surface area (TPSA) is 77.8 Å². The van der Waals surface area contributed by atoms with Crippen LogP contribution in [0.1, 0.15) is 0 Å². The number of hydrogen-bond donors (Lipinski definition) is 0. The lowest BCUT2D eigenvalue weighted by molar-refractivity contribution is 0.628. The van der Waals surface area contributed by atoms with E-state index < -0.39 is 0 Å². The van der Waals surface area contributed by atoms with Gasteiger partial charge in [0, 0.05) is 33.0 Å². The van der Waals surface area contributed by atoms with Crippen molar-refractivity contribution >= 4 is 21.9 Å². The average molecular weight is 999 g/mol. The summed E-state index contributed by atoms with van der Waals surface area (Å²) >= 11 is 0. The predicted octanol–water partition coefficient (Wildman–Crippen LogP) is 19.1. The Balaban J connectivity index is 0.897. The zero-order valence-electron chi connectivity index (χ0n) is 42.2. The summed E-state index contributed by atoms with van der Waals surface area (Å²) in [6, 6.07) is 96.2. The van der Waals surface area contributed by atoms with Gasteiger partial charge in [-0.25, -0.2) is 19.9 Å². The Labute approximate surface area is 451 Å². The fraction of sp³-hybridized carbons (Fsp3) is 0. The van der Waals surface area contributed by atoms with Crippen molar-refractivity contribution in [2.45, 2.75) is 0 Å². The van der Waals surface area contributed by atoms with Gasteiger partial charge in [-0.2, -0.15) is 0 Å². The van der Waals surface area contributed by atoms with E-state index in [0.717, 1.165) is 111 Å². The van der Waals surface area contributed by atoms with E-state index >= 15 is 0 Å². The highest BCUT2D eigenvalue weighted by Gasteiger charge is 2.21. The molecule has 0 bridgehead atoms. The van der Waals surface area contributed by atoms with Gasteiger partial charge in [0.05, 0.1) is 11.4 Å². The van der Waals surface area contributed by atoms with Crippen molar-refractivity contribution in [1.82, 2.24) is 19.9 Å². The Kier molecular flexibility index (Phi) is 11.8. The molecule has 6 nitrogen and oxygen atoms in total. The van der Waals surface area contributed by atoms with E-state index in [4.69, 9.17) is 28.8 Å². The van der Waals surface area contributed by atoms with Crippen LogP contribution >= 0.6 is 0 Å². The Hall–Kier alpha value is -10.6. The summed E-state index contributed by atoms with van der Waals surface area (Å²) in [6.07, 6.45) is 0. The number of fused-ring (bicyclic) bond motifs is 2. The van der Waals surface area contributed by atoms with Gasteiger partial charge in [0.25, 0.3) is 0 Å². The normalized spacial score (nSPS) is 11.3. The molecule has 0 radical (unpaired) electrons. The second kappa shape index (κ2) is 19.9. The molecule has 366 valence electrons. The van der Waals surface area contributed by atoms with E-state index in [1.807, 2.05) is 54.6 Å². The molecule has 0 amide bonds. The molecule has 14 rings (SSSR count). The van der Waals surface area contributed by atoms with Gasteiger partial charge in [-0.3, -0.25) is 0 Å². The number of furan rings is 2. The maximum atomic E-state index is 6.92. The summed E-state index contributed by atoms with van der Waals surface area (Å²) in [5.74, 6) is 2.54. The summed E-state index contributed by atoms with van der Waals surface area (Å²) in [4.78, 5) is 21.3. The summed E-state index contributed by atoms with van der Waals surface area (Å²) in [5, 5.41) is 1.97. The maximum absolute atomic E-state index is 6.92. The molecule has 14 aromatic rings. The van der Waals surface area contributed by atoms with Crippen molar-refractivity contribution in [3.8, 4) is 124 Å². The third-order valence-corrected chi connectivity index (χ3v) is 14.4. The van der Waals surface area contributed by atoms with Crippen molar-refractivity contribution in [3.05, 3.63) is 279 Å². The fourth-order valence-electron chi connectivity index (χ4n) is 10.6. The maximum Gasteiger partial charge on any atom is 0.161 e. The van der Waals surface area contributed by atoms with Crippen LogP contribution in [0.15, 0.2) is 288 Å². The second-order valence-electron chi connectivity index (χ2n) is 19.3. The Morgan fingerprint density at radius 1 is 0.205 bits per heavy atom. The highest BCUT2D eigenvalue weighted by Crippen LogP contribution is 2.42. The Morgan fingerprint density at radius 2 is 0.590 bits per heavy atom. The number of aromatic nitrogens is 4. The minimum Gasteiger partial charge on any atom is -0.454 e. The first-order valence-electron chi connectivity index (χ1n) is 26.1. The van der Waals surface area contributed by atoms with Gasteiger partial charge < -0.3 is 8.83 Å². The molecule has 6 heteroatoms. The highest BCUT2D eigenvalue weighted by molar-refractivity contribution is 5.94. The number of hydrogen-bond acceptors (Lipinski definition) is 6. The monoisotopic (exact) mass is 998 g/mol. The van der Waals surface area contributed by atoms with Crippen LogP contribution in [0.3, 0.4) is 0 Å². The first kappa shape index (κ1) is 46.0. The molecule has 0 N–H and O–H groups in total. The van der Waals surface area contributed by atoms with Crippen molar-refractivity contribution in [3.63, 3.8) is 0 Å². The molecule has 0 aliphatic heterocycles. The minimum atomic E-state index is 0.607. The van der Waals surface area contributed by atoms with Gasteiger partial charge in [0.1, 0.15) is 22.6 Å². The predicted molar refractivity (Wildman–Crippen MR) is 317 cm³/mol. The van der Waals surface area contributed by atoms with Gasteiger partial charge >= 0.3 is 0 Å². The van der Waals surface area contributed by atoms with E-state index in [1.54, 1.807) is 0 Å². The van der Waals surface area contributed by atoms with Crippen molar-refractivity contribution in [2.24, 2.45) is 0 Å². The molecule has 0 saturated carbocycles. The van der Waals surface area contributed by atoms with Crippen LogP contribution in [-0.2, 0) is 0 Å². The molecule has 78 heavy (non-hydrogen) atoms. The molecule has 4 heterocycles. The molecule has 0 spiro atoms. The number of nitrogens with zero attached hydrogens (tertiary/aromatic N) is 4. The van der Waals surface area contributed by atoms with E-state index in [-0.39, 0.29) is 0 Å². The summed E-state index contributed by atoms with van der Waals surface area (Å²) in [6.45, 7) is 0. The smallest absolute Gasteiger partial charge is 0.161 e. The highest BCUT2D eigenvalue weighted by atomic mass is 16.3. The molecule has 4 aromatic heterocycles. The molecule has 0 saturated heterocycles. The van der Waals surface area contributed by atoms with Crippen LogP contribution in [0, 0.1) is 0 Å². The lowest BCUT2D eigenvalue weighted by Gasteiger charge is -2.15. The molecule has 0 unspecified atom stereocenters. The number of benzene rings is 10. The van der Waals surface area contributed by atoms with Gasteiger partial charge in [-0.1, -0.05) is 237 Å². The lowest BCUT2D eigenvalue weighted by atomic mass is 9.91. The Bertz CT molecular complexity index is 4360. The zero-order chi connectivity index (χ0) is 51.8. The van der Waals surface area contributed by atoms with Gasteiger partial charge in [0.2, 0.25) is 0 Å². The molecular formula is C72H46N4O2. The lowest BCUT2D eigenvalue weighted by Crippen LogP contribution is -1.98. The van der Waals surface area contributed by atoms with Crippen LogP contribution in [0.25, 0.3) is 146 Å². The number of rotatable bonds is 11. The van der Waals surface area contributed by atoms with Crippen molar-refractivity contribution < 1.29 is 8.83 Å². The number of para-hydroxylation sites is 1. The Morgan fingerprint density at radius 3 is 1.14 bits per heavy atom. The van der Waals surface area contributed by atoms with Crippen molar-refractivity contribution in [1.29, 1.82) is 0 Å². The van der Waals surface area contributed by atoms with E-state index in [1.165, 1.54) is 0 Å². The van der Waals surface area contributed by atoms with Crippen LogP contribution in [-0.4, -0.2) is 19.9 Å². The van der Waals surface area contributed by atoms with E-state index in [2.05, 4.69) is 224 Å². The average Bonchev–Trinajstić information content (AvgIpc) is 4.18. The van der Waals surface area contributed by atoms with Crippen molar-refractivity contribution in [2.75, 3.05) is 0 Å². The van der Waals surface area contributed by atoms with Gasteiger partial charge in [-0.05, 0) is 98.1 Å². The molecule has 0 atom stereocenters. The van der Waals surface area contributed by atoms with E-state index in [9.17, 15) is 0 Å².